The summed E-state index contributed by atoms with van der Waals surface area (Å²) in [6, 6.07) is 3.15. The first-order valence-electron chi connectivity index (χ1n) is 7.71. The second-order valence-corrected chi connectivity index (χ2v) is 5.97. The van der Waals surface area contributed by atoms with Crippen molar-refractivity contribution in [3.05, 3.63) is 40.2 Å². The number of carbonyl (C=O) groups excluding carboxylic acids is 1. The Morgan fingerprint density at radius 2 is 1.79 bits per heavy atom. The summed E-state index contributed by atoms with van der Waals surface area (Å²) in [5.74, 6) is -2.15. The predicted octanol–water partition coefficient (Wildman–Crippen LogP) is -1.25. The summed E-state index contributed by atoms with van der Waals surface area (Å²) < 4.78 is 53.9. The van der Waals surface area contributed by atoms with Gasteiger partial charge in [0, 0.05) is 17.5 Å². The predicted molar refractivity (Wildman–Crippen MR) is 79.8 cm³/mol. The van der Waals surface area contributed by atoms with Crippen molar-refractivity contribution in [1.29, 1.82) is 0 Å². The molecule has 12 heteroatoms. The van der Waals surface area contributed by atoms with Gasteiger partial charge in [0.2, 0.25) is 6.29 Å². The van der Waals surface area contributed by atoms with Crippen LogP contribution in [0.1, 0.15) is 5.56 Å². The summed E-state index contributed by atoms with van der Waals surface area (Å²) in [6.07, 6.45) is -14.5. The van der Waals surface area contributed by atoms with Crippen LogP contribution in [0, 0.1) is 0 Å². The molecule has 0 saturated carbocycles. The molecule has 0 bridgehead atoms. The molecule has 1 aromatic carbocycles. The average molecular weight is 405 g/mol. The summed E-state index contributed by atoms with van der Waals surface area (Å²) in [5, 5.41) is 39.7. The molecule has 1 fully saturated rings. The molecule has 3 N–H and O–H groups in total. The van der Waals surface area contributed by atoms with Crippen LogP contribution in [0.5, 0.6) is 5.75 Å². The number of aliphatic hydroxyl groups excluding tert-OH is 3. The van der Waals surface area contributed by atoms with Gasteiger partial charge in [-0.1, -0.05) is 0 Å². The summed E-state index contributed by atoms with van der Waals surface area (Å²) in [7, 11) is 0. The van der Waals surface area contributed by atoms with Crippen molar-refractivity contribution in [2.45, 2.75) is 36.9 Å². The van der Waals surface area contributed by atoms with Crippen molar-refractivity contribution in [1.82, 2.24) is 0 Å². The molecule has 5 unspecified atom stereocenters. The van der Waals surface area contributed by atoms with E-state index in [0.29, 0.717) is 6.07 Å². The maximum atomic E-state index is 13.0. The number of hydrogen-bond acceptors (Lipinski definition) is 9. The number of aliphatic carboxylic acids is 1. The molecular weight excluding hydrogens is 393 g/mol. The standard InChI is InChI=1S/C16H13F3O9/c17-16(18,19)7-4-9(20)27-8-3-5(1-2-6(7)8)26-15-12(23)10(21)11(22)13(28-15)14(24)25/h1-4,10-13,15,21-23H,(H,24,25)/p-1. The number of fused-ring (bicyclic) bond motifs is 1. The SMILES string of the molecule is O=C([O-])C1OC(Oc2ccc3c(C(F)(F)F)cc(=O)oc3c2)C(O)C(O)C1O. The first-order chi connectivity index (χ1) is 13.0. The topological polar surface area (TPSA) is 149 Å². The van der Waals surface area contributed by atoms with Crippen LogP contribution < -0.4 is 15.5 Å². The molecule has 1 aromatic heterocycles. The zero-order valence-corrected chi connectivity index (χ0v) is 13.6. The van der Waals surface area contributed by atoms with Crippen molar-refractivity contribution in [3.63, 3.8) is 0 Å². The first kappa shape index (κ1) is 20.1. The van der Waals surface area contributed by atoms with E-state index in [1.54, 1.807) is 0 Å². The third-order valence-electron chi connectivity index (χ3n) is 4.08. The van der Waals surface area contributed by atoms with E-state index in [1.165, 1.54) is 0 Å². The highest BCUT2D eigenvalue weighted by molar-refractivity contribution is 5.82. The Morgan fingerprint density at radius 3 is 2.39 bits per heavy atom. The lowest BCUT2D eigenvalue weighted by molar-refractivity contribution is -0.342. The fourth-order valence-corrected chi connectivity index (χ4v) is 2.73. The van der Waals surface area contributed by atoms with Gasteiger partial charge in [-0.2, -0.15) is 13.2 Å². The van der Waals surface area contributed by atoms with Gasteiger partial charge in [0.1, 0.15) is 35.7 Å². The van der Waals surface area contributed by atoms with E-state index in [0.717, 1.165) is 18.2 Å². The number of aliphatic hydroxyl groups is 3. The van der Waals surface area contributed by atoms with Crippen molar-refractivity contribution < 1.29 is 52.3 Å². The minimum atomic E-state index is -4.82. The van der Waals surface area contributed by atoms with Gasteiger partial charge in [0.25, 0.3) is 0 Å². The van der Waals surface area contributed by atoms with Gasteiger partial charge in [0.15, 0.2) is 0 Å². The van der Waals surface area contributed by atoms with Gasteiger partial charge in [0.05, 0.1) is 11.5 Å². The van der Waals surface area contributed by atoms with E-state index < -0.39 is 65.0 Å². The third kappa shape index (κ3) is 3.67. The van der Waals surface area contributed by atoms with Crippen LogP contribution in [0.25, 0.3) is 11.0 Å². The van der Waals surface area contributed by atoms with Crippen LogP contribution in [0.15, 0.2) is 33.5 Å². The second-order valence-electron chi connectivity index (χ2n) is 5.97. The van der Waals surface area contributed by atoms with E-state index in [2.05, 4.69) is 0 Å². The minimum absolute atomic E-state index is 0.264. The normalized spacial score (nSPS) is 28.3. The Labute approximate surface area is 153 Å². The van der Waals surface area contributed by atoms with E-state index in [-0.39, 0.29) is 5.75 Å². The monoisotopic (exact) mass is 405 g/mol. The zero-order valence-electron chi connectivity index (χ0n) is 13.6. The Balaban J connectivity index is 1.94. The number of benzene rings is 1. The third-order valence-corrected chi connectivity index (χ3v) is 4.08. The first-order valence-corrected chi connectivity index (χ1v) is 7.71. The van der Waals surface area contributed by atoms with E-state index in [1.807, 2.05) is 0 Å². The van der Waals surface area contributed by atoms with Gasteiger partial charge in [-0.05, 0) is 12.1 Å². The van der Waals surface area contributed by atoms with Crippen LogP contribution >= 0.6 is 0 Å². The number of alkyl halides is 3. The lowest BCUT2D eigenvalue weighted by atomic mass is 9.99. The summed E-state index contributed by atoms with van der Waals surface area (Å²) in [5.41, 5.74) is -2.98. The highest BCUT2D eigenvalue weighted by Crippen LogP contribution is 2.35. The molecule has 1 aliphatic rings. The summed E-state index contributed by atoms with van der Waals surface area (Å²) >= 11 is 0. The van der Waals surface area contributed by atoms with Gasteiger partial charge in [-0.25, -0.2) is 4.79 Å². The molecule has 28 heavy (non-hydrogen) atoms. The molecule has 1 aliphatic heterocycles. The maximum absolute atomic E-state index is 13.0. The fourth-order valence-electron chi connectivity index (χ4n) is 2.73. The van der Waals surface area contributed by atoms with Crippen LogP contribution in [0.3, 0.4) is 0 Å². The van der Waals surface area contributed by atoms with Crippen LogP contribution in [0.2, 0.25) is 0 Å². The van der Waals surface area contributed by atoms with E-state index >= 15 is 0 Å². The quantitative estimate of drug-likeness (QED) is 0.532. The number of carboxylic acid groups (broad SMARTS) is 1. The van der Waals surface area contributed by atoms with Gasteiger partial charge >= 0.3 is 11.8 Å². The Hall–Kier alpha value is -2.67. The molecule has 3 rings (SSSR count). The molecule has 2 aromatic rings. The van der Waals surface area contributed by atoms with Crippen molar-refractivity contribution in [3.8, 4) is 5.75 Å². The summed E-state index contributed by atoms with van der Waals surface area (Å²) in [4.78, 5) is 22.4. The second kappa shape index (κ2) is 7.05. The fraction of sp³-hybridized carbons (Fsp3) is 0.375. The highest BCUT2D eigenvalue weighted by Gasteiger charge is 2.45. The number of hydrogen-bond donors (Lipinski definition) is 3. The molecule has 0 spiro atoms. The average Bonchev–Trinajstić information content (AvgIpc) is 2.60. The lowest BCUT2D eigenvalue weighted by Gasteiger charge is -2.40. The maximum Gasteiger partial charge on any atom is 0.417 e. The minimum Gasteiger partial charge on any atom is -0.547 e. The number of carbonyl (C=O) groups is 1. The molecule has 152 valence electrons. The highest BCUT2D eigenvalue weighted by atomic mass is 19.4. The van der Waals surface area contributed by atoms with Crippen molar-refractivity contribution in [2.75, 3.05) is 0 Å². The molecule has 5 atom stereocenters. The molecule has 0 radical (unpaired) electrons. The smallest absolute Gasteiger partial charge is 0.417 e. The van der Waals surface area contributed by atoms with Gasteiger partial charge in [-0.3, -0.25) is 0 Å². The molecule has 2 heterocycles. The molecule has 0 aliphatic carbocycles. The Bertz CT molecular complexity index is 955. The van der Waals surface area contributed by atoms with Crippen molar-refractivity contribution >= 4 is 16.9 Å². The lowest BCUT2D eigenvalue weighted by Crippen LogP contribution is -2.63. The number of halogens is 3. The molecule has 9 nitrogen and oxygen atoms in total. The van der Waals surface area contributed by atoms with Crippen molar-refractivity contribution in [2.24, 2.45) is 0 Å². The van der Waals surface area contributed by atoms with Crippen LogP contribution in [-0.4, -0.2) is 52.0 Å². The zero-order chi connectivity index (χ0) is 20.8. The Kier molecular flexibility index (Phi) is 5.06. The summed E-state index contributed by atoms with van der Waals surface area (Å²) in [6.45, 7) is 0. The Morgan fingerprint density at radius 1 is 1.11 bits per heavy atom. The van der Waals surface area contributed by atoms with E-state index in [9.17, 15) is 43.2 Å². The van der Waals surface area contributed by atoms with E-state index in [4.69, 9.17) is 13.9 Å². The number of rotatable bonds is 3. The number of carboxylic acids is 1. The van der Waals surface area contributed by atoms with Crippen LogP contribution in [0.4, 0.5) is 13.2 Å². The molecule has 0 amide bonds. The molecular formula is C16H12F3O9-. The van der Waals surface area contributed by atoms with Gasteiger partial charge in [-0.15, -0.1) is 0 Å². The largest absolute Gasteiger partial charge is 0.547 e. The van der Waals surface area contributed by atoms with Gasteiger partial charge < -0.3 is 39.1 Å². The number of ether oxygens (including phenoxy) is 2. The van der Waals surface area contributed by atoms with Crippen LogP contribution in [-0.2, 0) is 15.7 Å². The molecule has 1 saturated heterocycles.